The van der Waals surface area contributed by atoms with Crippen molar-refractivity contribution in [1.29, 1.82) is 0 Å². The van der Waals surface area contributed by atoms with Crippen molar-refractivity contribution in [3.63, 3.8) is 0 Å². The molecule has 1 N–H and O–H groups in total. The Kier molecular flexibility index (Phi) is 5.91. The number of benzene rings is 1. The highest BCUT2D eigenvalue weighted by Gasteiger charge is 2.16. The molecule has 0 bridgehead atoms. The Morgan fingerprint density at radius 2 is 1.91 bits per heavy atom. The first-order chi connectivity index (χ1) is 10.9. The molecule has 1 aromatic carbocycles. The van der Waals surface area contributed by atoms with Crippen molar-refractivity contribution in [3.8, 4) is 10.6 Å². The van der Waals surface area contributed by atoms with Crippen LogP contribution >= 0.6 is 11.3 Å². The number of thiazole rings is 1. The molecule has 5 heteroatoms. The molecule has 0 spiro atoms. The fraction of sp³-hybridized carbons (Fsp3) is 0.444. The molecule has 0 aliphatic rings. The molecule has 1 atom stereocenters. The average molecular weight is 332 g/mol. The number of hydrogen-bond acceptors (Lipinski definition) is 4. The van der Waals surface area contributed by atoms with Gasteiger partial charge in [0.25, 0.3) is 5.91 Å². The van der Waals surface area contributed by atoms with Gasteiger partial charge in [-0.25, -0.2) is 4.98 Å². The predicted octanol–water partition coefficient (Wildman–Crippen LogP) is 3.78. The summed E-state index contributed by atoms with van der Waals surface area (Å²) in [5.74, 6) is 0.395. The van der Waals surface area contributed by atoms with Crippen LogP contribution in [0.25, 0.3) is 10.6 Å². The Balaban J connectivity index is 2.09. The highest BCUT2D eigenvalue weighted by molar-refractivity contribution is 7.13. The average Bonchev–Trinajstić information content (AvgIpc) is 3.01. The molecule has 1 unspecified atom stereocenters. The van der Waals surface area contributed by atoms with Gasteiger partial charge in [0.05, 0.1) is 6.10 Å². The molecule has 1 aromatic heterocycles. The van der Waals surface area contributed by atoms with Crippen LogP contribution in [0.1, 0.15) is 49.2 Å². The Morgan fingerprint density at radius 1 is 1.26 bits per heavy atom. The Hall–Kier alpha value is -1.72. The summed E-state index contributed by atoms with van der Waals surface area (Å²) in [6.45, 7) is 6.57. The van der Waals surface area contributed by atoms with Crippen LogP contribution in [-0.4, -0.2) is 40.6 Å². The lowest BCUT2D eigenvalue weighted by Crippen LogP contribution is -2.29. The maximum absolute atomic E-state index is 12.3. The topological polar surface area (TPSA) is 53.4 Å². The molecule has 1 amide bonds. The summed E-state index contributed by atoms with van der Waals surface area (Å²) in [4.78, 5) is 18.4. The highest BCUT2D eigenvalue weighted by Crippen LogP contribution is 2.26. The molecule has 124 valence electrons. The summed E-state index contributed by atoms with van der Waals surface area (Å²) in [6, 6.07) is 8.33. The minimum Gasteiger partial charge on any atom is -0.393 e. The molecule has 0 saturated heterocycles. The van der Waals surface area contributed by atoms with Crippen LogP contribution in [0.15, 0.2) is 29.6 Å². The van der Waals surface area contributed by atoms with Crippen molar-refractivity contribution >= 4 is 17.2 Å². The second-order valence-electron chi connectivity index (χ2n) is 6.18. The molecular weight excluding hydrogens is 308 g/mol. The minimum atomic E-state index is -0.407. The Bertz CT molecular complexity index is 647. The van der Waals surface area contributed by atoms with Gasteiger partial charge in [0.2, 0.25) is 0 Å². The Morgan fingerprint density at radius 3 is 2.48 bits per heavy atom. The number of carbonyl (C=O) groups is 1. The molecular formula is C18H24N2O2S. The summed E-state index contributed by atoms with van der Waals surface area (Å²) in [5, 5.41) is 12.0. The third-order valence-corrected chi connectivity index (χ3v) is 4.67. The van der Waals surface area contributed by atoms with Crippen molar-refractivity contribution < 1.29 is 9.90 Å². The van der Waals surface area contributed by atoms with Crippen molar-refractivity contribution in [3.05, 3.63) is 40.9 Å². The third kappa shape index (κ3) is 4.62. The van der Waals surface area contributed by atoms with E-state index in [0.29, 0.717) is 24.6 Å². The summed E-state index contributed by atoms with van der Waals surface area (Å²) in [7, 11) is 1.74. The smallest absolute Gasteiger partial charge is 0.273 e. The van der Waals surface area contributed by atoms with E-state index in [0.717, 1.165) is 10.6 Å². The van der Waals surface area contributed by atoms with E-state index in [4.69, 9.17) is 0 Å². The summed E-state index contributed by atoms with van der Waals surface area (Å²) in [6.07, 6.45) is 0.159. The van der Waals surface area contributed by atoms with E-state index in [2.05, 4.69) is 43.1 Å². The number of aliphatic hydroxyl groups excluding tert-OH is 1. The van der Waals surface area contributed by atoms with Gasteiger partial charge >= 0.3 is 0 Å². The van der Waals surface area contributed by atoms with Crippen LogP contribution in [0.4, 0.5) is 0 Å². The number of aromatic nitrogens is 1. The lowest BCUT2D eigenvalue weighted by molar-refractivity contribution is 0.0764. The zero-order valence-electron chi connectivity index (χ0n) is 14.1. The maximum atomic E-state index is 12.3. The first kappa shape index (κ1) is 17.6. The number of rotatable bonds is 6. The number of hydrogen-bond donors (Lipinski definition) is 1. The highest BCUT2D eigenvalue weighted by atomic mass is 32.1. The second kappa shape index (κ2) is 7.70. The zero-order valence-corrected chi connectivity index (χ0v) is 14.9. The van der Waals surface area contributed by atoms with Crippen LogP contribution in [-0.2, 0) is 0 Å². The van der Waals surface area contributed by atoms with E-state index in [1.54, 1.807) is 24.3 Å². The van der Waals surface area contributed by atoms with Gasteiger partial charge in [0.1, 0.15) is 10.7 Å². The zero-order chi connectivity index (χ0) is 17.0. The molecule has 0 saturated carbocycles. The maximum Gasteiger partial charge on any atom is 0.273 e. The van der Waals surface area contributed by atoms with Gasteiger partial charge in [-0.05, 0) is 24.8 Å². The van der Waals surface area contributed by atoms with Crippen molar-refractivity contribution in [2.75, 3.05) is 13.6 Å². The van der Waals surface area contributed by atoms with Crippen LogP contribution in [0.5, 0.6) is 0 Å². The molecule has 0 aliphatic carbocycles. The normalized spacial score (nSPS) is 12.4. The third-order valence-electron chi connectivity index (χ3n) is 3.78. The quantitative estimate of drug-likeness (QED) is 0.876. The van der Waals surface area contributed by atoms with Gasteiger partial charge in [-0.3, -0.25) is 4.79 Å². The standard InChI is InChI=1S/C18H24N2O2S/c1-12(2)14-5-7-15(8-6-14)17-19-16(11-23-17)18(22)20(4)10-9-13(3)21/h5-8,11-13,21H,9-10H2,1-4H3. The lowest BCUT2D eigenvalue weighted by atomic mass is 10.0. The van der Waals surface area contributed by atoms with Crippen molar-refractivity contribution in [1.82, 2.24) is 9.88 Å². The molecule has 1 heterocycles. The fourth-order valence-electron chi connectivity index (χ4n) is 2.19. The van der Waals surface area contributed by atoms with E-state index < -0.39 is 6.10 Å². The number of amides is 1. The van der Waals surface area contributed by atoms with Gasteiger partial charge < -0.3 is 10.0 Å². The number of carbonyl (C=O) groups excluding carboxylic acids is 1. The molecule has 0 fully saturated rings. The summed E-state index contributed by atoms with van der Waals surface area (Å²) < 4.78 is 0. The van der Waals surface area contributed by atoms with Crippen LogP contribution in [0.2, 0.25) is 0 Å². The minimum absolute atomic E-state index is 0.105. The van der Waals surface area contributed by atoms with Crippen LogP contribution in [0.3, 0.4) is 0 Å². The van der Waals surface area contributed by atoms with Crippen LogP contribution in [0, 0.1) is 0 Å². The van der Waals surface area contributed by atoms with E-state index in [1.807, 2.05) is 0 Å². The molecule has 23 heavy (non-hydrogen) atoms. The van der Waals surface area contributed by atoms with E-state index in [-0.39, 0.29) is 5.91 Å². The molecule has 4 nitrogen and oxygen atoms in total. The molecule has 2 rings (SSSR count). The van der Waals surface area contributed by atoms with Crippen molar-refractivity contribution in [2.45, 2.75) is 39.2 Å². The van der Waals surface area contributed by atoms with Gasteiger partial charge in [-0.15, -0.1) is 11.3 Å². The first-order valence-corrected chi connectivity index (χ1v) is 8.76. The summed E-state index contributed by atoms with van der Waals surface area (Å²) >= 11 is 1.48. The summed E-state index contributed by atoms with van der Waals surface area (Å²) in [5.41, 5.74) is 2.79. The van der Waals surface area contributed by atoms with Gasteiger partial charge in [0.15, 0.2) is 0 Å². The fourth-order valence-corrected chi connectivity index (χ4v) is 2.99. The van der Waals surface area contributed by atoms with Gasteiger partial charge in [-0.2, -0.15) is 0 Å². The van der Waals surface area contributed by atoms with Crippen LogP contribution < -0.4 is 0 Å². The van der Waals surface area contributed by atoms with E-state index in [9.17, 15) is 9.90 Å². The monoisotopic (exact) mass is 332 g/mol. The predicted molar refractivity (Wildman–Crippen MR) is 94.9 cm³/mol. The largest absolute Gasteiger partial charge is 0.393 e. The van der Waals surface area contributed by atoms with Gasteiger partial charge in [-0.1, -0.05) is 38.1 Å². The van der Waals surface area contributed by atoms with Crippen molar-refractivity contribution in [2.24, 2.45) is 0 Å². The second-order valence-corrected chi connectivity index (χ2v) is 7.04. The Labute approximate surface area is 141 Å². The van der Waals surface area contributed by atoms with E-state index >= 15 is 0 Å². The van der Waals surface area contributed by atoms with Gasteiger partial charge in [0, 0.05) is 24.5 Å². The SMILES string of the molecule is CC(O)CCN(C)C(=O)c1csc(-c2ccc(C(C)C)cc2)n1. The first-order valence-electron chi connectivity index (χ1n) is 7.88. The number of nitrogens with zero attached hydrogens (tertiary/aromatic N) is 2. The lowest BCUT2D eigenvalue weighted by Gasteiger charge is -2.16. The number of aliphatic hydroxyl groups is 1. The van der Waals surface area contributed by atoms with E-state index in [1.165, 1.54) is 16.9 Å². The molecule has 2 aromatic rings. The molecule has 0 radical (unpaired) electrons. The molecule has 0 aliphatic heterocycles.